The second-order valence-corrected chi connectivity index (χ2v) is 16.0. The first-order chi connectivity index (χ1) is 25.6. The van der Waals surface area contributed by atoms with E-state index < -0.39 is 0 Å². The van der Waals surface area contributed by atoms with Crippen LogP contribution < -0.4 is 4.90 Å². The van der Waals surface area contributed by atoms with Gasteiger partial charge in [0, 0.05) is 27.9 Å². The summed E-state index contributed by atoms with van der Waals surface area (Å²) in [5.41, 5.74) is 19.5. The van der Waals surface area contributed by atoms with Gasteiger partial charge in [0.1, 0.15) is 0 Å². The summed E-state index contributed by atoms with van der Waals surface area (Å²) in [6.45, 7) is 13.9. The van der Waals surface area contributed by atoms with Gasteiger partial charge in [0.2, 0.25) is 0 Å². The molecule has 0 bridgehead atoms. The average Bonchev–Trinajstić information content (AvgIpc) is 3.55. The molecule has 1 nitrogen and oxygen atoms in total. The second-order valence-electron chi connectivity index (χ2n) is 16.0. The smallest absolute Gasteiger partial charge is 0.0464 e. The van der Waals surface area contributed by atoms with Gasteiger partial charge in [-0.3, -0.25) is 0 Å². The fraction of sp³-hybridized carbons (Fsp3) is 0.154. The molecule has 7 aromatic carbocycles. The molecule has 0 atom stereocenters. The topological polar surface area (TPSA) is 3.24 Å². The zero-order chi connectivity index (χ0) is 36.5. The highest BCUT2D eigenvalue weighted by Gasteiger charge is 2.49. The SMILES string of the molecule is Cc1cccc(N(c2ccc(/C=C/c3cccc4c(-c5ccc6c(c5)C(C)(C)C5=C6C(C)(C)c6ccccc65)cccc34)cc2)c2cccc(C)c2)c1. The molecule has 0 N–H and O–H groups in total. The molecule has 2 aliphatic rings. The van der Waals surface area contributed by atoms with E-state index in [4.69, 9.17) is 0 Å². The molecule has 0 aromatic heterocycles. The summed E-state index contributed by atoms with van der Waals surface area (Å²) in [4.78, 5) is 2.34. The molecule has 0 saturated heterocycles. The molecule has 0 fully saturated rings. The van der Waals surface area contributed by atoms with Crippen LogP contribution in [0, 0.1) is 13.8 Å². The molecule has 0 amide bonds. The summed E-state index contributed by atoms with van der Waals surface area (Å²) in [6, 6.07) is 56.0. The van der Waals surface area contributed by atoms with Crippen molar-refractivity contribution in [2.24, 2.45) is 0 Å². The van der Waals surface area contributed by atoms with E-state index >= 15 is 0 Å². The highest BCUT2D eigenvalue weighted by atomic mass is 15.1. The lowest BCUT2D eigenvalue weighted by Gasteiger charge is -2.28. The zero-order valence-electron chi connectivity index (χ0n) is 31.5. The van der Waals surface area contributed by atoms with Gasteiger partial charge in [-0.1, -0.05) is 149 Å². The maximum absolute atomic E-state index is 2.47. The number of hydrogen-bond acceptors (Lipinski definition) is 1. The predicted octanol–water partition coefficient (Wildman–Crippen LogP) is 14.3. The fourth-order valence-electron chi connectivity index (χ4n) is 9.16. The zero-order valence-corrected chi connectivity index (χ0v) is 31.5. The Kier molecular flexibility index (Phi) is 7.68. The van der Waals surface area contributed by atoms with Crippen molar-refractivity contribution in [1.29, 1.82) is 0 Å². The van der Waals surface area contributed by atoms with Crippen LogP contribution in [0.15, 0.2) is 152 Å². The molecule has 53 heavy (non-hydrogen) atoms. The Morgan fingerprint density at radius 3 is 1.72 bits per heavy atom. The van der Waals surface area contributed by atoms with E-state index in [2.05, 4.69) is 210 Å². The minimum absolute atomic E-state index is 0.0155. The van der Waals surface area contributed by atoms with Crippen LogP contribution in [0.2, 0.25) is 0 Å². The van der Waals surface area contributed by atoms with Gasteiger partial charge in [0.05, 0.1) is 0 Å². The van der Waals surface area contributed by atoms with Crippen molar-refractivity contribution in [2.45, 2.75) is 52.4 Å². The molecule has 1 heteroatoms. The first kappa shape index (κ1) is 33.0. The number of benzene rings is 7. The molecule has 0 unspecified atom stereocenters. The van der Waals surface area contributed by atoms with Gasteiger partial charge in [0.15, 0.2) is 0 Å². The Labute approximate surface area is 314 Å². The van der Waals surface area contributed by atoms with Crippen molar-refractivity contribution in [3.63, 3.8) is 0 Å². The maximum atomic E-state index is 2.47. The number of anilines is 3. The van der Waals surface area contributed by atoms with E-state index in [1.54, 1.807) is 0 Å². The molecule has 7 aromatic rings. The van der Waals surface area contributed by atoms with Crippen LogP contribution in [0.1, 0.15) is 72.2 Å². The van der Waals surface area contributed by atoms with Gasteiger partial charge >= 0.3 is 0 Å². The van der Waals surface area contributed by atoms with E-state index in [0.717, 1.165) is 17.1 Å². The summed E-state index contributed by atoms with van der Waals surface area (Å²) < 4.78 is 0. The highest BCUT2D eigenvalue weighted by molar-refractivity contribution is 6.10. The summed E-state index contributed by atoms with van der Waals surface area (Å²) >= 11 is 0. The minimum Gasteiger partial charge on any atom is -0.310 e. The molecule has 0 spiro atoms. The first-order valence-electron chi connectivity index (χ1n) is 18.8. The normalized spacial score (nSPS) is 15.1. The number of fused-ring (bicyclic) bond motifs is 5. The lowest BCUT2D eigenvalue weighted by molar-refractivity contribution is 0.694. The van der Waals surface area contributed by atoms with Crippen molar-refractivity contribution in [1.82, 2.24) is 0 Å². The Morgan fingerprint density at radius 1 is 0.434 bits per heavy atom. The third-order valence-corrected chi connectivity index (χ3v) is 11.7. The van der Waals surface area contributed by atoms with Crippen molar-refractivity contribution in [3.05, 3.63) is 196 Å². The van der Waals surface area contributed by atoms with Gasteiger partial charge in [0.25, 0.3) is 0 Å². The van der Waals surface area contributed by atoms with Crippen molar-refractivity contribution >= 4 is 51.1 Å². The molecular formula is C52H45N. The van der Waals surface area contributed by atoms with E-state index in [1.807, 2.05) is 0 Å². The number of hydrogen-bond donors (Lipinski definition) is 0. The summed E-state index contributed by atoms with van der Waals surface area (Å²) in [5.74, 6) is 0. The molecule has 0 heterocycles. The number of allylic oxidation sites excluding steroid dienone is 2. The summed E-state index contributed by atoms with van der Waals surface area (Å²) in [6.07, 6.45) is 4.50. The third kappa shape index (κ3) is 5.37. The molecule has 0 aliphatic heterocycles. The van der Waals surface area contributed by atoms with Crippen molar-refractivity contribution in [3.8, 4) is 11.1 Å². The van der Waals surface area contributed by atoms with Gasteiger partial charge in [-0.25, -0.2) is 0 Å². The predicted molar refractivity (Wildman–Crippen MR) is 228 cm³/mol. The Bertz CT molecular complexity index is 2580. The molecule has 258 valence electrons. The van der Waals surface area contributed by atoms with Gasteiger partial charge < -0.3 is 4.90 Å². The lowest BCUT2D eigenvalue weighted by Crippen LogP contribution is -2.19. The molecule has 9 rings (SSSR count). The average molecular weight is 684 g/mol. The highest BCUT2D eigenvalue weighted by Crippen LogP contribution is 2.62. The monoisotopic (exact) mass is 683 g/mol. The molecule has 2 aliphatic carbocycles. The molecular weight excluding hydrogens is 639 g/mol. The fourth-order valence-corrected chi connectivity index (χ4v) is 9.16. The van der Waals surface area contributed by atoms with E-state index in [1.165, 1.54) is 77.6 Å². The third-order valence-electron chi connectivity index (χ3n) is 11.7. The van der Waals surface area contributed by atoms with E-state index in [-0.39, 0.29) is 10.8 Å². The summed E-state index contributed by atoms with van der Waals surface area (Å²) in [5, 5.41) is 2.54. The van der Waals surface area contributed by atoms with Gasteiger partial charge in [-0.2, -0.15) is 0 Å². The van der Waals surface area contributed by atoms with Gasteiger partial charge in [-0.15, -0.1) is 0 Å². The van der Waals surface area contributed by atoms with Crippen LogP contribution in [0.25, 0.3) is 45.2 Å². The standard InChI is InChI=1S/C52H45N/c1-34-13-9-16-40(31-34)53(41-17-10-14-35(2)32-41)39-28-24-36(25-29-39)23-26-37-15-11-21-44-42(37)19-12-20-43(44)38-27-30-46-48(33-38)52(5,6)49-45-18-7-8-22-47(45)51(3,4)50(46)49/h7-33H,1-6H3/b26-23+. The number of rotatable bonds is 6. The van der Waals surface area contributed by atoms with Crippen LogP contribution in [0.4, 0.5) is 17.1 Å². The maximum Gasteiger partial charge on any atom is 0.0464 e. The van der Waals surface area contributed by atoms with Crippen LogP contribution >= 0.6 is 0 Å². The number of aryl methyl sites for hydroxylation is 2. The second kappa shape index (κ2) is 12.3. The lowest BCUT2D eigenvalue weighted by atomic mass is 9.75. The minimum atomic E-state index is -0.0737. The Morgan fingerprint density at radius 2 is 1.02 bits per heavy atom. The molecule has 0 radical (unpaired) electrons. The Balaban J connectivity index is 1.04. The van der Waals surface area contributed by atoms with Crippen molar-refractivity contribution in [2.75, 3.05) is 4.90 Å². The number of nitrogens with zero attached hydrogens (tertiary/aromatic N) is 1. The quantitative estimate of drug-likeness (QED) is 0.158. The van der Waals surface area contributed by atoms with Crippen molar-refractivity contribution < 1.29 is 0 Å². The van der Waals surface area contributed by atoms with Gasteiger partial charge in [-0.05, 0) is 134 Å². The van der Waals surface area contributed by atoms with Crippen LogP contribution in [0.3, 0.4) is 0 Å². The van der Waals surface area contributed by atoms with Crippen LogP contribution in [0.5, 0.6) is 0 Å². The largest absolute Gasteiger partial charge is 0.310 e. The Hall–Kier alpha value is -5.92. The van der Waals surface area contributed by atoms with E-state index in [9.17, 15) is 0 Å². The van der Waals surface area contributed by atoms with E-state index in [0.29, 0.717) is 0 Å². The van der Waals surface area contributed by atoms with Crippen LogP contribution in [-0.4, -0.2) is 0 Å². The molecule has 0 saturated carbocycles. The van der Waals surface area contributed by atoms with Crippen LogP contribution in [-0.2, 0) is 10.8 Å². The first-order valence-corrected chi connectivity index (χ1v) is 18.8. The summed E-state index contributed by atoms with van der Waals surface area (Å²) in [7, 11) is 0.